The monoisotopic (exact) mass is 216 g/mol. The highest BCUT2D eigenvalue weighted by Gasteiger charge is 2.46. The predicted octanol–water partition coefficient (Wildman–Crippen LogP) is 0.929. The number of aliphatic hydroxyl groups excluding tert-OH is 1. The number of hydrogen-bond acceptors (Lipinski definition) is 4. The smallest absolute Gasteiger partial charge is 0.168 e. The summed E-state index contributed by atoms with van der Waals surface area (Å²) < 4.78 is 16.8. The minimum Gasteiger partial charge on any atom is -0.396 e. The fraction of sp³-hybridized carbons (Fsp3) is 1.00. The first-order chi connectivity index (χ1) is 7.24. The summed E-state index contributed by atoms with van der Waals surface area (Å²) in [4.78, 5) is 0. The number of aliphatic hydroxyl groups is 1. The molecular formula is C11H20O4. The molecule has 4 nitrogen and oxygen atoms in total. The van der Waals surface area contributed by atoms with Crippen LogP contribution in [-0.4, -0.2) is 44.4 Å². The molecule has 0 aromatic carbocycles. The molecule has 1 saturated heterocycles. The highest BCUT2D eigenvalue weighted by molar-refractivity contribution is 4.88. The molecule has 88 valence electrons. The van der Waals surface area contributed by atoms with Gasteiger partial charge in [-0.25, -0.2) is 0 Å². The molecule has 1 spiro atoms. The summed E-state index contributed by atoms with van der Waals surface area (Å²) in [6.45, 7) is 1.62. The Balaban J connectivity index is 1.94. The molecule has 1 saturated carbocycles. The Kier molecular flexibility index (Phi) is 3.30. The van der Waals surface area contributed by atoms with Crippen LogP contribution in [0, 0.1) is 5.41 Å². The van der Waals surface area contributed by atoms with Crippen LogP contribution in [0.1, 0.15) is 25.7 Å². The summed E-state index contributed by atoms with van der Waals surface area (Å²) in [5.74, 6) is -0.341. The number of hydrogen-bond donors (Lipinski definition) is 1. The van der Waals surface area contributed by atoms with Gasteiger partial charge >= 0.3 is 0 Å². The first-order valence-electron chi connectivity index (χ1n) is 5.62. The second-order valence-corrected chi connectivity index (χ2v) is 4.79. The van der Waals surface area contributed by atoms with E-state index in [-0.39, 0.29) is 17.8 Å². The molecule has 1 N–H and O–H groups in total. The summed E-state index contributed by atoms with van der Waals surface area (Å²) in [6, 6.07) is 0. The Morgan fingerprint density at radius 1 is 1.20 bits per heavy atom. The lowest BCUT2D eigenvalue weighted by molar-refractivity contribution is -0.309. The molecule has 0 unspecified atom stereocenters. The quantitative estimate of drug-likeness (QED) is 0.762. The molecule has 2 rings (SSSR count). The summed E-state index contributed by atoms with van der Waals surface area (Å²) in [5.41, 5.74) is -0.359. The second-order valence-electron chi connectivity index (χ2n) is 4.79. The number of methoxy groups -OCH3 is 1. The zero-order valence-electron chi connectivity index (χ0n) is 9.33. The van der Waals surface area contributed by atoms with Crippen molar-refractivity contribution in [3.63, 3.8) is 0 Å². The van der Waals surface area contributed by atoms with Crippen molar-refractivity contribution in [3.8, 4) is 0 Å². The summed E-state index contributed by atoms with van der Waals surface area (Å²) in [6.07, 6.45) is 4.33. The van der Waals surface area contributed by atoms with Gasteiger partial charge in [0.25, 0.3) is 0 Å². The van der Waals surface area contributed by atoms with Gasteiger partial charge in [0.1, 0.15) is 0 Å². The van der Waals surface area contributed by atoms with Crippen molar-refractivity contribution in [2.45, 2.75) is 31.5 Å². The van der Waals surface area contributed by atoms with Crippen LogP contribution in [0.15, 0.2) is 0 Å². The van der Waals surface area contributed by atoms with Crippen molar-refractivity contribution < 1.29 is 19.3 Å². The van der Waals surface area contributed by atoms with Crippen molar-refractivity contribution in [2.75, 3.05) is 33.5 Å². The van der Waals surface area contributed by atoms with Crippen LogP contribution in [0.5, 0.6) is 0 Å². The molecule has 0 amide bonds. The van der Waals surface area contributed by atoms with Gasteiger partial charge in [-0.3, -0.25) is 0 Å². The SMILES string of the molecule is COCC1(CO)COC2(CCCC2)OC1. The van der Waals surface area contributed by atoms with Crippen LogP contribution in [0.25, 0.3) is 0 Å². The topological polar surface area (TPSA) is 47.9 Å². The molecule has 0 atom stereocenters. The molecule has 1 aliphatic carbocycles. The standard InChI is InChI=1S/C11H20O4/c1-13-7-10(6-12)8-14-11(15-9-10)4-2-3-5-11/h12H,2-9H2,1H3. The van der Waals surface area contributed by atoms with E-state index in [1.807, 2.05) is 0 Å². The van der Waals surface area contributed by atoms with E-state index in [1.54, 1.807) is 7.11 Å². The van der Waals surface area contributed by atoms with Crippen LogP contribution >= 0.6 is 0 Å². The Morgan fingerprint density at radius 2 is 1.80 bits per heavy atom. The van der Waals surface area contributed by atoms with Crippen LogP contribution in [0.4, 0.5) is 0 Å². The number of rotatable bonds is 3. The van der Waals surface area contributed by atoms with Gasteiger partial charge in [0, 0.05) is 20.0 Å². The van der Waals surface area contributed by atoms with Crippen molar-refractivity contribution in [2.24, 2.45) is 5.41 Å². The normalized spacial score (nSPS) is 28.4. The first-order valence-corrected chi connectivity index (χ1v) is 5.62. The third-order valence-corrected chi connectivity index (χ3v) is 3.43. The summed E-state index contributed by atoms with van der Waals surface area (Å²) in [5, 5.41) is 9.36. The van der Waals surface area contributed by atoms with Crippen LogP contribution < -0.4 is 0 Å². The van der Waals surface area contributed by atoms with Gasteiger partial charge in [0.15, 0.2) is 5.79 Å². The molecular weight excluding hydrogens is 196 g/mol. The minimum absolute atomic E-state index is 0.0525. The van der Waals surface area contributed by atoms with E-state index >= 15 is 0 Å². The Bertz CT molecular complexity index is 201. The zero-order chi connectivity index (χ0) is 10.8. The second kappa shape index (κ2) is 4.37. The van der Waals surface area contributed by atoms with Crippen molar-refractivity contribution in [3.05, 3.63) is 0 Å². The van der Waals surface area contributed by atoms with Crippen molar-refractivity contribution >= 4 is 0 Å². The van der Waals surface area contributed by atoms with Gasteiger partial charge in [-0.2, -0.15) is 0 Å². The van der Waals surface area contributed by atoms with Crippen LogP contribution in [-0.2, 0) is 14.2 Å². The van der Waals surface area contributed by atoms with E-state index in [9.17, 15) is 5.11 Å². The van der Waals surface area contributed by atoms with E-state index < -0.39 is 0 Å². The maximum absolute atomic E-state index is 9.36. The highest BCUT2D eigenvalue weighted by atomic mass is 16.7. The van der Waals surface area contributed by atoms with E-state index in [1.165, 1.54) is 12.8 Å². The maximum atomic E-state index is 9.36. The van der Waals surface area contributed by atoms with Crippen LogP contribution in [0.3, 0.4) is 0 Å². The molecule has 4 heteroatoms. The van der Waals surface area contributed by atoms with Gasteiger partial charge in [-0.1, -0.05) is 0 Å². The summed E-state index contributed by atoms with van der Waals surface area (Å²) in [7, 11) is 1.64. The number of ether oxygens (including phenoxy) is 3. The van der Waals surface area contributed by atoms with E-state index in [2.05, 4.69) is 0 Å². The van der Waals surface area contributed by atoms with Gasteiger partial charge in [0.05, 0.1) is 31.8 Å². The molecule has 0 aromatic heterocycles. The molecule has 0 bridgehead atoms. The highest BCUT2D eigenvalue weighted by Crippen LogP contribution is 2.40. The fourth-order valence-electron chi connectivity index (χ4n) is 2.38. The Hall–Kier alpha value is -0.160. The Morgan fingerprint density at radius 3 is 2.27 bits per heavy atom. The van der Waals surface area contributed by atoms with E-state index in [4.69, 9.17) is 14.2 Å². The van der Waals surface area contributed by atoms with Gasteiger partial charge in [0.2, 0.25) is 0 Å². The minimum atomic E-state index is -0.359. The average Bonchev–Trinajstić information content (AvgIpc) is 2.72. The average molecular weight is 216 g/mol. The van der Waals surface area contributed by atoms with E-state index in [0.29, 0.717) is 19.8 Å². The molecule has 15 heavy (non-hydrogen) atoms. The lowest BCUT2D eigenvalue weighted by Crippen LogP contribution is -2.52. The molecule has 1 heterocycles. The molecule has 0 radical (unpaired) electrons. The first kappa shape index (κ1) is 11.3. The van der Waals surface area contributed by atoms with Gasteiger partial charge in [-0.15, -0.1) is 0 Å². The zero-order valence-corrected chi connectivity index (χ0v) is 9.33. The van der Waals surface area contributed by atoms with Gasteiger partial charge in [-0.05, 0) is 12.8 Å². The lowest BCUT2D eigenvalue weighted by Gasteiger charge is -2.43. The predicted molar refractivity (Wildman–Crippen MR) is 54.5 cm³/mol. The lowest BCUT2D eigenvalue weighted by atomic mass is 9.91. The van der Waals surface area contributed by atoms with Crippen molar-refractivity contribution in [1.29, 1.82) is 0 Å². The molecule has 2 fully saturated rings. The maximum Gasteiger partial charge on any atom is 0.168 e. The van der Waals surface area contributed by atoms with Crippen LogP contribution in [0.2, 0.25) is 0 Å². The van der Waals surface area contributed by atoms with E-state index in [0.717, 1.165) is 12.8 Å². The van der Waals surface area contributed by atoms with Gasteiger partial charge < -0.3 is 19.3 Å². The third-order valence-electron chi connectivity index (χ3n) is 3.43. The molecule has 1 aliphatic heterocycles. The Labute approximate surface area is 90.5 Å². The third kappa shape index (κ3) is 2.18. The molecule has 2 aliphatic rings. The molecule has 0 aromatic rings. The largest absolute Gasteiger partial charge is 0.396 e. The fourth-order valence-corrected chi connectivity index (χ4v) is 2.38. The summed E-state index contributed by atoms with van der Waals surface area (Å²) >= 11 is 0. The van der Waals surface area contributed by atoms with Crippen molar-refractivity contribution in [1.82, 2.24) is 0 Å².